The Hall–Kier alpha value is -2.27. The Balaban J connectivity index is 1.35. The third-order valence-corrected chi connectivity index (χ3v) is 6.27. The van der Waals surface area contributed by atoms with Gasteiger partial charge in [0.25, 0.3) is 0 Å². The number of hydrogen-bond donors (Lipinski definition) is 0. The van der Waals surface area contributed by atoms with Crippen LogP contribution in [0.3, 0.4) is 0 Å². The highest BCUT2D eigenvalue weighted by Crippen LogP contribution is 2.42. The molecule has 0 atom stereocenters. The van der Waals surface area contributed by atoms with Crippen molar-refractivity contribution < 1.29 is 0 Å². The van der Waals surface area contributed by atoms with E-state index in [1.165, 1.54) is 22.5 Å². The zero-order chi connectivity index (χ0) is 16.8. The first-order valence-corrected chi connectivity index (χ1v) is 9.79. The van der Waals surface area contributed by atoms with E-state index < -0.39 is 0 Å². The number of pyridine rings is 1. The van der Waals surface area contributed by atoms with E-state index in [0.29, 0.717) is 6.04 Å². The van der Waals surface area contributed by atoms with E-state index in [9.17, 15) is 0 Å². The fourth-order valence-corrected chi connectivity index (χ4v) is 5.02. The molecule has 0 amide bonds. The van der Waals surface area contributed by atoms with Crippen molar-refractivity contribution in [2.45, 2.75) is 38.6 Å². The first-order valence-electron chi connectivity index (χ1n) is 8.98. The third kappa shape index (κ3) is 2.54. The number of hydrogen-bond acceptors (Lipinski definition) is 4. The molecule has 5 rings (SSSR count). The van der Waals surface area contributed by atoms with Crippen LogP contribution in [-0.2, 0) is 12.8 Å². The summed E-state index contributed by atoms with van der Waals surface area (Å²) in [7, 11) is 0. The number of benzene rings is 1. The second kappa shape index (κ2) is 5.92. The van der Waals surface area contributed by atoms with E-state index in [2.05, 4.69) is 46.8 Å². The molecule has 3 heterocycles. The second-order valence-corrected chi connectivity index (χ2v) is 7.98. The molecule has 1 aromatic carbocycles. The number of nitrogens with zero attached hydrogens (tertiary/aromatic N) is 4. The molecular formula is C20H20N4S. The standard InChI is InChI=1S/C20H20N4S/c1-2-18-22-16-7-5-9-21-20(16)24(18)14-10-13(11-14)12-19-23-15-6-3-4-8-17(15)25-19/h3-9,13-14H,2,10-12H2,1H3. The highest BCUT2D eigenvalue weighted by Gasteiger charge is 2.33. The summed E-state index contributed by atoms with van der Waals surface area (Å²) < 4.78 is 3.68. The Morgan fingerprint density at radius 1 is 1.08 bits per heavy atom. The van der Waals surface area contributed by atoms with Crippen LogP contribution in [0.15, 0.2) is 42.6 Å². The minimum absolute atomic E-state index is 0.536. The lowest BCUT2D eigenvalue weighted by atomic mass is 9.78. The van der Waals surface area contributed by atoms with Crippen LogP contribution in [0.4, 0.5) is 0 Å². The van der Waals surface area contributed by atoms with Crippen molar-refractivity contribution in [1.29, 1.82) is 0 Å². The van der Waals surface area contributed by atoms with Gasteiger partial charge in [-0.2, -0.15) is 0 Å². The Morgan fingerprint density at radius 2 is 1.92 bits per heavy atom. The SMILES string of the molecule is CCc1nc2cccnc2n1C1CC(Cc2nc3ccccc3s2)C1. The van der Waals surface area contributed by atoms with Gasteiger partial charge in [-0.05, 0) is 43.0 Å². The molecule has 25 heavy (non-hydrogen) atoms. The van der Waals surface area contributed by atoms with Gasteiger partial charge < -0.3 is 4.57 Å². The first kappa shape index (κ1) is 15.0. The molecule has 0 saturated heterocycles. The maximum absolute atomic E-state index is 4.79. The zero-order valence-electron chi connectivity index (χ0n) is 14.2. The smallest absolute Gasteiger partial charge is 0.160 e. The number of aromatic nitrogens is 4. The number of aryl methyl sites for hydroxylation is 1. The van der Waals surface area contributed by atoms with Gasteiger partial charge in [0.15, 0.2) is 5.65 Å². The van der Waals surface area contributed by atoms with Gasteiger partial charge in [-0.1, -0.05) is 19.1 Å². The normalized spacial score (nSPS) is 20.2. The summed E-state index contributed by atoms with van der Waals surface area (Å²) >= 11 is 1.84. The summed E-state index contributed by atoms with van der Waals surface area (Å²) in [6, 6.07) is 13.0. The lowest BCUT2D eigenvalue weighted by Gasteiger charge is -2.36. The van der Waals surface area contributed by atoms with Crippen LogP contribution in [0, 0.1) is 5.92 Å². The molecule has 0 N–H and O–H groups in total. The van der Waals surface area contributed by atoms with Gasteiger partial charge in [-0.15, -0.1) is 11.3 Å². The predicted molar refractivity (Wildman–Crippen MR) is 102 cm³/mol. The van der Waals surface area contributed by atoms with Crippen LogP contribution >= 0.6 is 11.3 Å². The van der Waals surface area contributed by atoms with Gasteiger partial charge in [0.05, 0.1) is 15.2 Å². The molecule has 5 heteroatoms. The van der Waals surface area contributed by atoms with Crippen molar-refractivity contribution in [2.24, 2.45) is 5.92 Å². The summed E-state index contributed by atoms with van der Waals surface area (Å²) in [5, 5.41) is 1.27. The number of fused-ring (bicyclic) bond motifs is 2. The lowest BCUT2D eigenvalue weighted by molar-refractivity contribution is 0.197. The van der Waals surface area contributed by atoms with Crippen molar-refractivity contribution >= 4 is 32.7 Å². The summed E-state index contributed by atoms with van der Waals surface area (Å²) in [6.07, 6.45) is 6.32. The summed E-state index contributed by atoms with van der Waals surface area (Å²) in [5.41, 5.74) is 3.20. The van der Waals surface area contributed by atoms with Gasteiger partial charge >= 0.3 is 0 Å². The van der Waals surface area contributed by atoms with Crippen LogP contribution in [0.5, 0.6) is 0 Å². The summed E-state index contributed by atoms with van der Waals surface area (Å²) in [4.78, 5) is 14.1. The van der Waals surface area contributed by atoms with Gasteiger partial charge in [-0.3, -0.25) is 0 Å². The van der Waals surface area contributed by atoms with Crippen LogP contribution in [-0.4, -0.2) is 19.5 Å². The average molecular weight is 348 g/mol. The Labute approximate surface area is 150 Å². The highest BCUT2D eigenvalue weighted by atomic mass is 32.1. The Bertz CT molecular complexity index is 1010. The molecule has 3 aromatic heterocycles. The van der Waals surface area contributed by atoms with Crippen molar-refractivity contribution in [2.75, 3.05) is 0 Å². The van der Waals surface area contributed by atoms with E-state index in [4.69, 9.17) is 9.97 Å². The van der Waals surface area contributed by atoms with Crippen molar-refractivity contribution in [3.05, 3.63) is 53.4 Å². The van der Waals surface area contributed by atoms with Gasteiger partial charge in [0.2, 0.25) is 0 Å². The molecule has 1 saturated carbocycles. The number of rotatable bonds is 4. The maximum atomic E-state index is 4.79. The van der Waals surface area contributed by atoms with E-state index >= 15 is 0 Å². The highest BCUT2D eigenvalue weighted by molar-refractivity contribution is 7.18. The second-order valence-electron chi connectivity index (χ2n) is 6.87. The minimum atomic E-state index is 0.536. The molecule has 126 valence electrons. The quantitative estimate of drug-likeness (QED) is 0.532. The number of para-hydroxylation sites is 1. The van der Waals surface area contributed by atoms with E-state index in [-0.39, 0.29) is 0 Å². The summed E-state index contributed by atoms with van der Waals surface area (Å²) in [6.45, 7) is 2.18. The average Bonchev–Trinajstić information content (AvgIpc) is 3.18. The third-order valence-electron chi connectivity index (χ3n) is 5.22. The van der Waals surface area contributed by atoms with Crippen molar-refractivity contribution in [3.8, 4) is 0 Å². The number of imidazole rings is 1. The molecule has 0 spiro atoms. The van der Waals surface area contributed by atoms with Crippen LogP contribution in [0.2, 0.25) is 0 Å². The van der Waals surface area contributed by atoms with Gasteiger partial charge in [-0.25, -0.2) is 15.0 Å². The molecular weight excluding hydrogens is 328 g/mol. The fraction of sp³-hybridized carbons (Fsp3) is 0.350. The van der Waals surface area contributed by atoms with Crippen LogP contribution in [0.25, 0.3) is 21.4 Å². The fourth-order valence-electron chi connectivity index (χ4n) is 3.94. The van der Waals surface area contributed by atoms with Crippen LogP contribution < -0.4 is 0 Å². The molecule has 0 radical (unpaired) electrons. The molecule has 0 aliphatic heterocycles. The van der Waals surface area contributed by atoms with E-state index in [0.717, 1.165) is 41.3 Å². The largest absolute Gasteiger partial charge is 0.310 e. The molecule has 0 bridgehead atoms. The van der Waals surface area contributed by atoms with E-state index in [1.807, 2.05) is 23.6 Å². The molecule has 4 nitrogen and oxygen atoms in total. The number of thiazole rings is 1. The van der Waals surface area contributed by atoms with Crippen LogP contribution in [0.1, 0.15) is 36.6 Å². The molecule has 1 aliphatic carbocycles. The molecule has 1 fully saturated rings. The Kier molecular flexibility index (Phi) is 3.55. The van der Waals surface area contributed by atoms with Crippen molar-refractivity contribution in [3.63, 3.8) is 0 Å². The topological polar surface area (TPSA) is 43.6 Å². The Morgan fingerprint density at radius 3 is 2.76 bits per heavy atom. The molecule has 4 aromatic rings. The lowest BCUT2D eigenvalue weighted by Crippen LogP contribution is -2.29. The predicted octanol–water partition coefficient (Wildman–Crippen LogP) is 4.80. The monoisotopic (exact) mass is 348 g/mol. The van der Waals surface area contributed by atoms with Gasteiger partial charge in [0, 0.05) is 25.1 Å². The zero-order valence-corrected chi connectivity index (χ0v) is 15.0. The first-order chi connectivity index (χ1) is 12.3. The van der Waals surface area contributed by atoms with E-state index in [1.54, 1.807) is 0 Å². The summed E-state index contributed by atoms with van der Waals surface area (Å²) in [5.74, 6) is 1.88. The molecule has 0 unspecified atom stereocenters. The van der Waals surface area contributed by atoms with Crippen molar-refractivity contribution in [1.82, 2.24) is 19.5 Å². The van der Waals surface area contributed by atoms with Gasteiger partial charge in [0.1, 0.15) is 11.3 Å². The minimum Gasteiger partial charge on any atom is -0.310 e. The maximum Gasteiger partial charge on any atom is 0.160 e. The molecule has 1 aliphatic rings.